The second-order valence-corrected chi connectivity index (χ2v) is 23.4. The van der Waals surface area contributed by atoms with Gasteiger partial charge in [-0.15, -0.1) is 0 Å². The minimum Gasteiger partial charge on any atom is -0.481 e. The first-order valence-corrected chi connectivity index (χ1v) is 31.7. The van der Waals surface area contributed by atoms with Crippen molar-refractivity contribution in [2.24, 2.45) is 29.0 Å². The fourth-order valence-electron chi connectivity index (χ4n) is 8.05. The molecule has 0 aliphatic rings. The Kier molecular flexibility index (Phi) is 41.3. The number of carboxylic acid groups (broad SMARTS) is 4. The van der Waals surface area contributed by atoms with Crippen LogP contribution in [0.5, 0.6) is 0 Å². The summed E-state index contributed by atoms with van der Waals surface area (Å²) in [6.07, 6.45) is -2.34. The van der Waals surface area contributed by atoms with Crippen molar-refractivity contribution in [1.29, 1.82) is 0 Å². The van der Waals surface area contributed by atoms with Crippen LogP contribution in [0.4, 0.5) is 0 Å². The number of aliphatic carboxylic acids is 4. The van der Waals surface area contributed by atoms with E-state index < -0.39 is 237 Å². The number of rotatable bonds is 48. The molecule has 37 nitrogen and oxygen atoms in total. The van der Waals surface area contributed by atoms with E-state index in [1.807, 2.05) is 0 Å². The third-order valence-electron chi connectivity index (χ3n) is 13.1. The quantitative estimate of drug-likeness (QED) is 0.0199. The number of hydrogen-bond donors (Lipinski definition) is 22. The highest BCUT2D eigenvalue weighted by molar-refractivity contribution is 7.98. The Morgan fingerprint density at radius 2 is 0.871 bits per heavy atom. The Hall–Kier alpha value is -8.08. The molecule has 0 spiro atoms. The van der Waals surface area contributed by atoms with Crippen LogP contribution in [0.25, 0.3) is 0 Å². The number of aliphatic hydroxyl groups excluding tert-OH is 1. The number of thiol groups is 2. The van der Waals surface area contributed by atoms with E-state index in [1.165, 1.54) is 25.6 Å². The van der Waals surface area contributed by atoms with Crippen LogP contribution in [0.3, 0.4) is 0 Å². The molecule has 0 saturated heterocycles. The molecule has 40 heteroatoms. The van der Waals surface area contributed by atoms with E-state index >= 15 is 0 Å². The standard InChI is InChI=1S/C53H89N15O22S3/c1-24(2)16-31(64-43(79)26(55)22-91)49(85)61-28(10-12-39(73)74)46(82)65-32(17-40(75)76)44(80)57-19-37(71)59-27(9-11-36(56)70)48(84)68-42(25(3)4)52(88)62-29(13-15-93-5)47(83)66-33(18-41(77)78)50(86)67-35(23-92)45(81)58-20-38(72)60-34(21-69)51(87)63-30(53(89)90)8-6-7-14-54/h24-35,42,69,91-92H,6-23,54-55H2,1-5H3,(H2,56,70)(H,57,80)(H,58,81)(H,59,71)(H,60,72)(H,61,85)(H,62,88)(H,63,87)(H,64,79)(H,65,82)(H,66,83)(H,67,86)(H,68,84)(H,73,74)(H,75,76)(H,77,78)(H,89,90)/t26-,27-,28-,29-,30-,31-,32-,33-,34-,35-,42-/m0/s1. The summed E-state index contributed by atoms with van der Waals surface area (Å²) in [4.78, 5) is 219. The highest BCUT2D eigenvalue weighted by Crippen LogP contribution is 2.12. The van der Waals surface area contributed by atoms with Crippen LogP contribution < -0.4 is 81.0 Å². The third kappa shape index (κ3) is 35.0. The zero-order valence-corrected chi connectivity index (χ0v) is 54.5. The van der Waals surface area contributed by atoms with Crippen molar-refractivity contribution >= 4 is 138 Å². The number of thioether (sulfide) groups is 1. The maximum Gasteiger partial charge on any atom is 0.326 e. The lowest BCUT2D eigenvalue weighted by atomic mass is 10.0. The van der Waals surface area contributed by atoms with E-state index in [9.17, 15) is 107 Å². The summed E-state index contributed by atoms with van der Waals surface area (Å²) in [5.41, 5.74) is 16.5. The molecule has 93 heavy (non-hydrogen) atoms. The molecule has 0 unspecified atom stereocenters. The minimum atomic E-state index is -1.99. The molecule has 526 valence electrons. The Balaban J connectivity index is 6.38. The molecular formula is C53H89N15O22S3. The summed E-state index contributed by atoms with van der Waals surface area (Å²) in [7, 11) is 0. The van der Waals surface area contributed by atoms with Crippen molar-refractivity contribution < 1.29 is 107 Å². The summed E-state index contributed by atoms with van der Waals surface area (Å²) in [6.45, 7) is 3.70. The zero-order chi connectivity index (χ0) is 71.2. The van der Waals surface area contributed by atoms with E-state index in [1.54, 1.807) is 20.1 Å². The van der Waals surface area contributed by atoms with Crippen LogP contribution in [-0.2, 0) is 81.5 Å². The molecule has 0 radical (unpaired) electrons. The molecule has 0 rings (SSSR count). The number of aliphatic hydroxyl groups is 1. The second-order valence-electron chi connectivity index (χ2n) is 21.7. The number of amides is 13. The molecule has 0 heterocycles. The van der Waals surface area contributed by atoms with E-state index in [-0.39, 0.29) is 43.2 Å². The smallest absolute Gasteiger partial charge is 0.326 e. The van der Waals surface area contributed by atoms with Gasteiger partial charge in [0.2, 0.25) is 76.8 Å². The van der Waals surface area contributed by atoms with Gasteiger partial charge in [0, 0.05) is 24.3 Å². The van der Waals surface area contributed by atoms with E-state index in [2.05, 4.69) is 89.1 Å². The van der Waals surface area contributed by atoms with Gasteiger partial charge in [0.05, 0.1) is 38.6 Å². The molecule has 0 aromatic carbocycles. The number of nitrogens with one attached hydrogen (secondary N) is 12. The highest BCUT2D eigenvalue weighted by atomic mass is 32.2. The monoisotopic (exact) mass is 1380 g/mol. The van der Waals surface area contributed by atoms with Crippen molar-refractivity contribution in [3.8, 4) is 0 Å². The van der Waals surface area contributed by atoms with Crippen LogP contribution in [0.2, 0.25) is 0 Å². The lowest BCUT2D eigenvalue weighted by molar-refractivity contribution is -0.143. The van der Waals surface area contributed by atoms with Gasteiger partial charge in [-0.1, -0.05) is 27.7 Å². The van der Waals surface area contributed by atoms with Crippen LogP contribution >= 0.6 is 37.0 Å². The fourth-order valence-corrected chi connectivity index (χ4v) is 8.95. The Morgan fingerprint density at radius 3 is 1.33 bits per heavy atom. The molecule has 11 atom stereocenters. The first-order chi connectivity index (χ1) is 43.5. The topological polar surface area (TPSA) is 614 Å². The van der Waals surface area contributed by atoms with Crippen molar-refractivity contribution in [2.45, 2.75) is 165 Å². The van der Waals surface area contributed by atoms with Gasteiger partial charge in [0.15, 0.2) is 0 Å². The van der Waals surface area contributed by atoms with E-state index in [0.29, 0.717) is 12.8 Å². The SMILES string of the molecule is CSCC[C@H](NC(=O)[C@@H](NC(=O)[C@H](CCC(N)=O)NC(=O)CNC(=O)[C@H](CC(=O)O)NC(=O)[C@H](CCC(=O)O)NC(=O)[C@H](CC(C)C)NC(=O)[C@@H](N)CS)C(C)C)C(=O)N[C@@H](CC(=O)O)C(=O)N[C@@H](CS)C(=O)NCC(=O)N[C@@H](CO)C(=O)N[C@@H](CCCCN)C(=O)O. The predicted molar refractivity (Wildman–Crippen MR) is 336 cm³/mol. The van der Waals surface area contributed by atoms with Gasteiger partial charge < -0.3 is 107 Å². The normalized spacial score (nSPS) is 14.5. The summed E-state index contributed by atoms with van der Waals surface area (Å²) in [5, 5.41) is 74.9. The zero-order valence-electron chi connectivity index (χ0n) is 51.9. The second kappa shape index (κ2) is 45.3. The average Bonchev–Trinajstić information content (AvgIpc) is 1.70. The number of carbonyl (C=O) groups excluding carboxylic acids is 13. The number of primary amides is 1. The average molecular weight is 1380 g/mol. The van der Waals surface area contributed by atoms with Gasteiger partial charge in [0.1, 0.15) is 60.4 Å². The van der Waals surface area contributed by atoms with Gasteiger partial charge in [-0.3, -0.25) is 76.7 Å². The molecule has 0 aromatic rings. The molecule has 0 bridgehead atoms. The van der Waals surface area contributed by atoms with Crippen LogP contribution in [0, 0.1) is 11.8 Å². The van der Waals surface area contributed by atoms with E-state index in [4.69, 9.17) is 17.2 Å². The van der Waals surface area contributed by atoms with E-state index in [0.717, 1.165) is 0 Å². The van der Waals surface area contributed by atoms with Crippen molar-refractivity contribution in [2.75, 3.05) is 49.8 Å². The highest BCUT2D eigenvalue weighted by Gasteiger charge is 2.37. The summed E-state index contributed by atoms with van der Waals surface area (Å²) in [5.74, 6) is -21.7. The Bertz CT molecular complexity index is 2630. The first kappa shape index (κ1) is 84.9. The molecule has 0 aliphatic heterocycles. The largest absolute Gasteiger partial charge is 0.481 e. The third-order valence-corrected chi connectivity index (χ3v) is 14.5. The molecule has 0 saturated carbocycles. The van der Waals surface area contributed by atoms with Crippen LogP contribution in [0.1, 0.15) is 98.3 Å². The first-order valence-electron chi connectivity index (χ1n) is 29.1. The number of unbranched alkanes of at least 4 members (excludes halogenated alkanes) is 1. The van der Waals surface area contributed by atoms with Crippen molar-refractivity contribution in [3.05, 3.63) is 0 Å². The maximum atomic E-state index is 14.0. The lowest BCUT2D eigenvalue weighted by Crippen LogP contribution is -2.61. The van der Waals surface area contributed by atoms with Gasteiger partial charge >= 0.3 is 23.9 Å². The number of carboxylic acids is 4. The van der Waals surface area contributed by atoms with Crippen LogP contribution in [-0.4, -0.2) is 242 Å². The number of carbonyl (C=O) groups is 17. The number of hydrogen-bond acceptors (Lipinski definition) is 23. The number of nitrogens with two attached hydrogens (primary N) is 3. The van der Waals surface area contributed by atoms with Gasteiger partial charge in [-0.2, -0.15) is 37.0 Å². The molecule has 13 amide bonds. The Labute approximate surface area is 549 Å². The molecule has 0 aromatic heterocycles. The van der Waals surface area contributed by atoms with Crippen molar-refractivity contribution in [1.82, 2.24) is 63.8 Å². The molecule has 23 N–H and O–H groups in total. The van der Waals surface area contributed by atoms with Gasteiger partial charge in [-0.05, 0) is 75.3 Å². The summed E-state index contributed by atoms with van der Waals surface area (Å²) in [6, 6.07) is -17.6. The minimum absolute atomic E-state index is 0.00798. The lowest BCUT2D eigenvalue weighted by Gasteiger charge is -2.28. The molecule has 0 fully saturated rings. The fraction of sp³-hybridized carbons (Fsp3) is 0.679. The maximum absolute atomic E-state index is 14.0. The predicted octanol–water partition coefficient (Wildman–Crippen LogP) is -8.01. The Morgan fingerprint density at radius 1 is 0.452 bits per heavy atom. The van der Waals surface area contributed by atoms with Crippen LogP contribution in [0.15, 0.2) is 0 Å². The van der Waals surface area contributed by atoms with Crippen molar-refractivity contribution in [3.63, 3.8) is 0 Å². The molecule has 0 aliphatic carbocycles. The summed E-state index contributed by atoms with van der Waals surface area (Å²) >= 11 is 9.21. The summed E-state index contributed by atoms with van der Waals surface area (Å²) < 4.78 is 0. The van der Waals surface area contributed by atoms with Gasteiger partial charge in [0.25, 0.3) is 0 Å². The van der Waals surface area contributed by atoms with Gasteiger partial charge in [-0.25, -0.2) is 4.79 Å². The molecular weight excluding hydrogens is 1290 g/mol.